The van der Waals surface area contributed by atoms with E-state index < -0.39 is 0 Å². The quantitative estimate of drug-likeness (QED) is 0.782. The summed E-state index contributed by atoms with van der Waals surface area (Å²) in [6.07, 6.45) is 0. The molecule has 0 heterocycles. The molecule has 0 radical (unpaired) electrons. The zero-order valence-electron chi connectivity index (χ0n) is 9.69. The number of rotatable bonds is 2. The van der Waals surface area contributed by atoms with Gasteiger partial charge in [0, 0.05) is 12.1 Å². The zero-order valence-corrected chi connectivity index (χ0v) is 9.69. The third-order valence-corrected chi connectivity index (χ3v) is 3.16. The van der Waals surface area contributed by atoms with E-state index in [0.717, 1.165) is 11.3 Å². The predicted octanol–water partition coefficient (Wildman–Crippen LogP) is 2.39. The van der Waals surface area contributed by atoms with E-state index in [0.29, 0.717) is 6.54 Å². The minimum atomic E-state index is 0.539. The van der Waals surface area contributed by atoms with Crippen LogP contribution in [0.3, 0.4) is 0 Å². The Morgan fingerprint density at radius 1 is 0.929 bits per heavy atom. The van der Waals surface area contributed by atoms with Crippen LogP contribution in [-0.2, 0) is 6.54 Å². The lowest BCUT2D eigenvalue weighted by molar-refractivity contribution is 0.405. The number of methoxy groups -OCH3 is 1. The zero-order chi connectivity index (χ0) is 10.9. The molecule has 0 spiro atoms. The number of hydrogen-bond acceptors (Lipinski definition) is 2. The third-order valence-electron chi connectivity index (χ3n) is 3.16. The summed E-state index contributed by atoms with van der Waals surface area (Å²) in [5.74, 6) is 0.952. The van der Waals surface area contributed by atoms with Gasteiger partial charge in [-0.1, -0.05) is 0 Å². The largest absolute Gasteiger partial charge is 0.496 e. The molecular formula is C12H19NO. The highest BCUT2D eigenvalue weighted by atomic mass is 16.5. The first-order valence-corrected chi connectivity index (χ1v) is 4.87. The summed E-state index contributed by atoms with van der Waals surface area (Å²) in [7, 11) is 1.70. The maximum absolute atomic E-state index is 5.73. The second kappa shape index (κ2) is 4.01. The first-order chi connectivity index (χ1) is 6.54. The molecule has 0 saturated heterocycles. The molecule has 0 amide bonds. The Balaban J connectivity index is 3.57. The van der Waals surface area contributed by atoms with Crippen molar-refractivity contribution in [2.24, 2.45) is 5.73 Å². The number of ether oxygens (including phenoxy) is 1. The summed E-state index contributed by atoms with van der Waals surface area (Å²) < 4.78 is 5.40. The van der Waals surface area contributed by atoms with E-state index in [9.17, 15) is 0 Å². The van der Waals surface area contributed by atoms with Crippen LogP contribution in [0.1, 0.15) is 27.8 Å². The van der Waals surface area contributed by atoms with Crippen molar-refractivity contribution >= 4 is 0 Å². The Morgan fingerprint density at radius 2 is 1.43 bits per heavy atom. The van der Waals surface area contributed by atoms with Gasteiger partial charge < -0.3 is 10.5 Å². The third kappa shape index (κ3) is 1.50. The van der Waals surface area contributed by atoms with Gasteiger partial charge in [0.1, 0.15) is 5.75 Å². The van der Waals surface area contributed by atoms with Crippen molar-refractivity contribution in [2.75, 3.05) is 7.11 Å². The molecule has 0 aromatic heterocycles. The van der Waals surface area contributed by atoms with Gasteiger partial charge in [-0.15, -0.1) is 0 Å². The van der Waals surface area contributed by atoms with E-state index in [2.05, 4.69) is 27.7 Å². The van der Waals surface area contributed by atoms with Crippen LogP contribution in [-0.4, -0.2) is 7.11 Å². The van der Waals surface area contributed by atoms with E-state index in [-0.39, 0.29) is 0 Å². The van der Waals surface area contributed by atoms with Crippen LogP contribution < -0.4 is 10.5 Å². The van der Waals surface area contributed by atoms with E-state index >= 15 is 0 Å². The highest BCUT2D eigenvalue weighted by molar-refractivity contribution is 5.53. The van der Waals surface area contributed by atoms with Gasteiger partial charge >= 0.3 is 0 Å². The smallest absolute Gasteiger partial charge is 0.126 e. The minimum Gasteiger partial charge on any atom is -0.496 e. The average Bonchev–Trinajstić information content (AvgIpc) is 2.20. The van der Waals surface area contributed by atoms with Crippen molar-refractivity contribution < 1.29 is 4.74 Å². The monoisotopic (exact) mass is 193 g/mol. The number of benzene rings is 1. The first kappa shape index (κ1) is 11.1. The van der Waals surface area contributed by atoms with Gasteiger partial charge in [0.2, 0.25) is 0 Å². The summed E-state index contributed by atoms with van der Waals surface area (Å²) in [6, 6.07) is 0. The Kier molecular flexibility index (Phi) is 3.17. The SMILES string of the molecule is COc1c(C)c(C)c(C)c(C)c1CN. The van der Waals surface area contributed by atoms with Crippen molar-refractivity contribution in [2.45, 2.75) is 34.2 Å². The molecule has 1 aromatic rings. The molecule has 2 N–H and O–H groups in total. The van der Waals surface area contributed by atoms with Gasteiger partial charge in [-0.3, -0.25) is 0 Å². The van der Waals surface area contributed by atoms with Crippen LogP contribution >= 0.6 is 0 Å². The van der Waals surface area contributed by atoms with Gasteiger partial charge in [-0.2, -0.15) is 0 Å². The Bertz CT molecular complexity index is 321. The fourth-order valence-corrected chi connectivity index (χ4v) is 1.88. The Hall–Kier alpha value is -1.02. The molecule has 78 valence electrons. The first-order valence-electron chi connectivity index (χ1n) is 4.87. The molecule has 14 heavy (non-hydrogen) atoms. The lowest BCUT2D eigenvalue weighted by Gasteiger charge is -2.18. The standard InChI is InChI=1S/C12H19NO/c1-7-8(2)10(4)12(14-5)11(6-13)9(7)3/h6,13H2,1-5H3. The van der Waals surface area contributed by atoms with Crippen molar-refractivity contribution in [3.63, 3.8) is 0 Å². The number of hydrogen-bond donors (Lipinski definition) is 1. The normalized spacial score (nSPS) is 10.4. The van der Waals surface area contributed by atoms with Gasteiger partial charge in [0.05, 0.1) is 7.11 Å². The maximum Gasteiger partial charge on any atom is 0.126 e. The summed E-state index contributed by atoms with van der Waals surface area (Å²) >= 11 is 0. The molecule has 0 fully saturated rings. The predicted molar refractivity (Wildman–Crippen MR) is 59.8 cm³/mol. The van der Waals surface area contributed by atoms with Crippen LogP contribution in [0.5, 0.6) is 5.75 Å². The van der Waals surface area contributed by atoms with E-state index in [1.807, 2.05) is 0 Å². The van der Waals surface area contributed by atoms with Crippen molar-refractivity contribution in [3.05, 3.63) is 27.8 Å². The van der Waals surface area contributed by atoms with Crippen LogP contribution in [0.4, 0.5) is 0 Å². The minimum absolute atomic E-state index is 0.539. The highest BCUT2D eigenvalue weighted by Crippen LogP contribution is 2.32. The average molecular weight is 193 g/mol. The van der Waals surface area contributed by atoms with Crippen LogP contribution in [0.15, 0.2) is 0 Å². The molecular weight excluding hydrogens is 174 g/mol. The molecule has 1 rings (SSSR count). The van der Waals surface area contributed by atoms with E-state index in [1.165, 1.54) is 22.3 Å². The summed E-state index contributed by atoms with van der Waals surface area (Å²) in [6.45, 7) is 8.99. The molecule has 0 atom stereocenters. The van der Waals surface area contributed by atoms with Crippen LogP contribution in [0, 0.1) is 27.7 Å². The van der Waals surface area contributed by atoms with E-state index in [1.54, 1.807) is 7.11 Å². The van der Waals surface area contributed by atoms with E-state index in [4.69, 9.17) is 10.5 Å². The van der Waals surface area contributed by atoms with Crippen LogP contribution in [0.25, 0.3) is 0 Å². The Labute approximate surface area is 86.1 Å². The molecule has 0 bridgehead atoms. The molecule has 0 aliphatic rings. The number of nitrogens with two attached hydrogens (primary N) is 1. The van der Waals surface area contributed by atoms with Gasteiger partial charge in [0.15, 0.2) is 0 Å². The fraction of sp³-hybridized carbons (Fsp3) is 0.500. The fourth-order valence-electron chi connectivity index (χ4n) is 1.88. The maximum atomic E-state index is 5.73. The second-order valence-electron chi connectivity index (χ2n) is 3.72. The summed E-state index contributed by atoms with van der Waals surface area (Å²) in [5.41, 5.74) is 12.0. The van der Waals surface area contributed by atoms with Crippen molar-refractivity contribution in [3.8, 4) is 5.75 Å². The molecule has 2 nitrogen and oxygen atoms in total. The highest BCUT2D eigenvalue weighted by Gasteiger charge is 2.13. The molecule has 0 unspecified atom stereocenters. The van der Waals surface area contributed by atoms with Gasteiger partial charge in [-0.05, 0) is 49.9 Å². The van der Waals surface area contributed by atoms with Crippen LogP contribution in [0.2, 0.25) is 0 Å². The molecule has 2 heteroatoms. The molecule has 0 aliphatic heterocycles. The molecule has 1 aromatic carbocycles. The molecule has 0 saturated carbocycles. The van der Waals surface area contributed by atoms with Crippen molar-refractivity contribution in [1.29, 1.82) is 0 Å². The summed E-state index contributed by atoms with van der Waals surface area (Å²) in [4.78, 5) is 0. The lowest BCUT2D eigenvalue weighted by atomic mass is 9.93. The summed E-state index contributed by atoms with van der Waals surface area (Å²) in [5, 5.41) is 0. The second-order valence-corrected chi connectivity index (χ2v) is 3.72. The Morgan fingerprint density at radius 3 is 1.86 bits per heavy atom. The molecule has 0 aliphatic carbocycles. The lowest BCUT2D eigenvalue weighted by Crippen LogP contribution is -2.07. The topological polar surface area (TPSA) is 35.2 Å². The van der Waals surface area contributed by atoms with Gasteiger partial charge in [0.25, 0.3) is 0 Å². The van der Waals surface area contributed by atoms with Crippen molar-refractivity contribution in [1.82, 2.24) is 0 Å². The van der Waals surface area contributed by atoms with Gasteiger partial charge in [-0.25, -0.2) is 0 Å².